The first-order chi connectivity index (χ1) is 10.1. The molecule has 6 heteroatoms. The van der Waals surface area contributed by atoms with Crippen molar-refractivity contribution in [3.05, 3.63) is 0 Å². The van der Waals surface area contributed by atoms with E-state index >= 15 is 0 Å². The number of aliphatic carboxylic acids is 1. The maximum absolute atomic E-state index is 11.7. The lowest BCUT2D eigenvalue weighted by Crippen LogP contribution is -2.42. The molecule has 0 heterocycles. The Morgan fingerprint density at radius 1 is 1.19 bits per heavy atom. The summed E-state index contributed by atoms with van der Waals surface area (Å²) < 4.78 is 0. The van der Waals surface area contributed by atoms with Crippen LogP contribution in [0.5, 0.6) is 0 Å². The zero-order chi connectivity index (χ0) is 15.7. The molecule has 0 aromatic carbocycles. The Bertz CT molecular complexity index is 336. The first kappa shape index (κ1) is 17.8. The molecule has 0 aromatic heterocycles. The fraction of sp³-hybridized carbons (Fsp3) is 0.867. The van der Waals surface area contributed by atoms with E-state index in [0.29, 0.717) is 13.1 Å². The Morgan fingerprint density at radius 2 is 1.95 bits per heavy atom. The molecule has 2 amide bonds. The number of carboxylic acid groups (broad SMARTS) is 1. The Labute approximate surface area is 127 Å². The van der Waals surface area contributed by atoms with Gasteiger partial charge in [-0.2, -0.15) is 0 Å². The Balaban J connectivity index is 2.17. The molecule has 0 bridgehead atoms. The Morgan fingerprint density at radius 3 is 2.57 bits per heavy atom. The molecule has 1 rings (SSSR count). The SMILES string of the molecule is CCCN(CC)CCNC(=O)NCC1CCCC1C(=O)O. The molecular weight excluding hydrogens is 270 g/mol. The van der Waals surface area contributed by atoms with Crippen molar-refractivity contribution in [2.24, 2.45) is 11.8 Å². The van der Waals surface area contributed by atoms with Gasteiger partial charge in [0.1, 0.15) is 0 Å². The zero-order valence-electron chi connectivity index (χ0n) is 13.2. The van der Waals surface area contributed by atoms with E-state index in [9.17, 15) is 9.59 Å². The highest BCUT2D eigenvalue weighted by Gasteiger charge is 2.32. The zero-order valence-corrected chi connectivity index (χ0v) is 13.2. The van der Waals surface area contributed by atoms with Gasteiger partial charge in [-0.3, -0.25) is 4.79 Å². The molecule has 1 aliphatic rings. The summed E-state index contributed by atoms with van der Waals surface area (Å²) in [6.45, 7) is 8.20. The van der Waals surface area contributed by atoms with Crippen molar-refractivity contribution in [3.8, 4) is 0 Å². The molecule has 0 spiro atoms. The summed E-state index contributed by atoms with van der Waals surface area (Å²) in [5.41, 5.74) is 0. The number of rotatable bonds is 9. The maximum atomic E-state index is 11.7. The summed E-state index contributed by atoms with van der Waals surface area (Å²) in [6, 6.07) is -0.196. The lowest BCUT2D eigenvalue weighted by molar-refractivity contribution is -0.142. The van der Waals surface area contributed by atoms with Crippen LogP contribution < -0.4 is 10.6 Å². The molecule has 1 aliphatic carbocycles. The lowest BCUT2D eigenvalue weighted by atomic mass is 9.96. The average molecular weight is 299 g/mol. The highest BCUT2D eigenvalue weighted by atomic mass is 16.4. The minimum atomic E-state index is -0.738. The number of hydrogen-bond acceptors (Lipinski definition) is 3. The predicted molar refractivity (Wildman–Crippen MR) is 82.3 cm³/mol. The highest BCUT2D eigenvalue weighted by Crippen LogP contribution is 2.31. The smallest absolute Gasteiger partial charge is 0.314 e. The van der Waals surface area contributed by atoms with Crippen molar-refractivity contribution in [2.45, 2.75) is 39.5 Å². The van der Waals surface area contributed by atoms with Crippen LogP contribution in [0.1, 0.15) is 39.5 Å². The topological polar surface area (TPSA) is 81.7 Å². The molecule has 122 valence electrons. The summed E-state index contributed by atoms with van der Waals surface area (Å²) in [4.78, 5) is 25.1. The number of amides is 2. The van der Waals surface area contributed by atoms with Gasteiger partial charge in [0.15, 0.2) is 0 Å². The molecule has 3 N–H and O–H groups in total. The summed E-state index contributed by atoms with van der Waals surface area (Å²) >= 11 is 0. The van der Waals surface area contributed by atoms with Crippen LogP contribution in [0, 0.1) is 11.8 Å². The normalized spacial score (nSPS) is 21.5. The number of carbonyl (C=O) groups is 2. The van der Waals surface area contributed by atoms with Gasteiger partial charge >= 0.3 is 12.0 Å². The molecule has 0 radical (unpaired) electrons. The number of hydrogen-bond donors (Lipinski definition) is 3. The second-order valence-corrected chi connectivity index (χ2v) is 5.71. The Kier molecular flexibility index (Phi) is 8.12. The van der Waals surface area contributed by atoms with Crippen molar-refractivity contribution in [2.75, 3.05) is 32.7 Å². The van der Waals surface area contributed by atoms with Gasteiger partial charge in [0, 0.05) is 19.6 Å². The molecule has 0 aliphatic heterocycles. The molecule has 2 atom stereocenters. The molecule has 6 nitrogen and oxygen atoms in total. The third-order valence-corrected chi connectivity index (χ3v) is 4.20. The van der Waals surface area contributed by atoms with E-state index in [0.717, 1.165) is 45.3 Å². The number of nitrogens with one attached hydrogen (secondary N) is 2. The molecule has 21 heavy (non-hydrogen) atoms. The summed E-state index contributed by atoms with van der Waals surface area (Å²) in [6.07, 6.45) is 3.66. The first-order valence-corrected chi connectivity index (χ1v) is 8.05. The second-order valence-electron chi connectivity index (χ2n) is 5.71. The monoisotopic (exact) mass is 299 g/mol. The van der Waals surface area contributed by atoms with Gasteiger partial charge in [-0.25, -0.2) is 4.79 Å². The van der Waals surface area contributed by atoms with Crippen LogP contribution in [0.3, 0.4) is 0 Å². The van der Waals surface area contributed by atoms with Crippen LogP contribution in [0.15, 0.2) is 0 Å². The third-order valence-electron chi connectivity index (χ3n) is 4.20. The van der Waals surface area contributed by atoms with Crippen LogP contribution in [-0.4, -0.2) is 54.7 Å². The summed E-state index contributed by atoms with van der Waals surface area (Å²) in [7, 11) is 0. The van der Waals surface area contributed by atoms with Crippen LogP contribution in [0.4, 0.5) is 4.79 Å². The standard InChI is InChI=1S/C15H29N3O3/c1-3-9-18(4-2)10-8-16-15(21)17-11-12-6-5-7-13(12)14(19)20/h12-13H,3-11H2,1-2H3,(H,19,20)(H2,16,17,21). The van der Waals surface area contributed by atoms with Crippen molar-refractivity contribution in [1.82, 2.24) is 15.5 Å². The quantitative estimate of drug-likeness (QED) is 0.603. The van der Waals surface area contributed by atoms with E-state index in [1.165, 1.54) is 0 Å². The van der Waals surface area contributed by atoms with E-state index < -0.39 is 5.97 Å². The van der Waals surface area contributed by atoms with Gasteiger partial charge in [-0.05, 0) is 38.3 Å². The van der Waals surface area contributed by atoms with E-state index in [-0.39, 0.29) is 17.9 Å². The minimum Gasteiger partial charge on any atom is -0.481 e. The number of nitrogens with zero attached hydrogens (tertiary/aromatic N) is 1. The van der Waals surface area contributed by atoms with E-state index in [4.69, 9.17) is 5.11 Å². The maximum Gasteiger partial charge on any atom is 0.314 e. The van der Waals surface area contributed by atoms with Crippen LogP contribution in [-0.2, 0) is 4.79 Å². The van der Waals surface area contributed by atoms with Gasteiger partial charge in [0.2, 0.25) is 0 Å². The highest BCUT2D eigenvalue weighted by molar-refractivity contribution is 5.74. The average Bonchev–Trinajstić information content (AvgIpc) is 2.92. The van der Waals surface area contributed by atoms with Crippen LogP contribution in [0.2, 0.25) is 0 Å². The fourth-order valence-corrected chi connectivity index (χ4v) is 2.96. The first-order valence-electron chi connectivity index (χ1n) is 8.05. The summed E-state index contributed by atoms with van der Waals surface area (Å²) in [5.74, 6) is -0.969. The molecule has 0 saturated heterocycles. The number of carboxylic acids is 1. The van der Waals surface area contributed by atoms with Gasteiger partial charge in [0.05, 0.1) is 5.92 Å². The number of likely N-dealkylation sites (N-methyl/N-ethyl adjacent to an activating group) is 1. The predicted octanol–water partition coefficient (Wildman–Crippen LogP) is 1.52. The van der Waals surface area contributed by atoms with Crippen LogP contribution >= 0.6 is 0 Å². The largest absolute Gasteiger partial charge is 0.481 e. The van der Waals surface area contributed by atoms with Gasteiger partial charge < -0.3 is 20.6 Å². The number of urea groups is 1. The molecule has 2 unspecified atom stereocenters. The van der Waals surface area contributed by atoms with Gasteiger partial charge in [0.25, 0.3) is 0 Å². The van der Waals surface area contributed by atoms with E-state index in [1.807, 2.05) is 0 Å². The Hall–Kier alpha value is -1.30. The van der Waals surface area contributed by atoms with Gasteiger partial charge in [-0.1, -0.05) is 20.3 Å². The fourth-order valence-electron chi connectivity index (χ4n) is 2.96. The van der Waals surface area contributed by atoms with Crippen molar-refractivity contribution in [1.29, 1.82) is 0 Å². The van der Waals surface area contributed by atoms with Crippen molar-refractivity contribution in [3.63, 3.8) is 0 Å². The van der Waals surface area contributed by atoms with Crippen LogP contribution in [0.25, 0.3) is 0 Å². The van der Waals surface area contributed by atoms with Crippen molar-refractivity contribution >= 4 is 12.0 Å². The van der Waals surface area contributed by atoms with Gasteiger partial charge in [-0.15, -0.1) is 0 Å². The van der Waals surface area contributed by atoms with E-state index in [1.54, 1.807) is 0 Å². The third kappa shape index (κ3) is 6.33. The summed E-state index contributed by atoms with van der Waals surface area (Å²) in [5, 5.41) is 14.7. The second kappa shape index (κ2) is 9.60. The molecular formula is C15H29N3O3. The number of carbonyl (C=O) groups excluding carboxylic acids is 1. The molecule has 1 fully saturated rings. The molecule has 1 saturated carbocycles. The molecule has 0 aromatic rings. The van der Waals surface area contributed by atoms with E-state index in [2.05, 4.69) is 29.4 Å². The lowest BCUT2D eigenvalue weighted by Gasteiger charge is -2.20. The minimum absolute atomic E-state index is 0.0699. The van der Waals surface area contributed by atoms with Crippen molar-refractivity contribution < 1.29 is 14.7 Å².